The number of aromatic nitrogens is 3. The van der Waals surface area contributed by atoms with Gasteiger partial charge in [0.15, 0.2) is 5.65 Å². The predicted octanol–water partition coefficient (Wildman–Crippen LogP) is 0.328. The normalized spacial score (nSPS) is 16.7. The highest BCUT2D eigenvalue weighted by atomic mass is 16.2. The van der Waals surface area contributed by atoms with E-state index in [1.54, 1.807) is 11.6 Å². The van der Waals surface area contributed by atoms with Gasteiger partial charge < -0.3 is 9.88 Å². The smallest absolute Gasteiger partial charge is 0.317 e. The first kappa shape index (κ1) is 13.1. The van der Waals surface area contributed by atoms with E-state index in [9.17, 15) is 9.59 Å². The van der Waals surface area contributed by atoms with Crippen molar-refractivity contribution < 1.29 is 0 Å². The molecule has 2 aromatic rings. The van der Waals surface area contributed by atoms with Gasteiger partial charge in [0.25, 0.3) is 0 Å². The number of hydrogen-bond acceptors (Lipinski definition) is 4. The van der Waals surface area contributed by atoms with Gasteiger partial charge in [0.2, 0.25) is 0 Å². The molecule has 0 bridgehead atoms. The van der Waals surface area contributed by atoms with Gasteiger partial charge in [-0.25, -0.2) is 4.98 Å². The van der Waals surface area contributed by atoms with Crippen molar-refractivity contribution in [1.82, 2.24) is 19.4 Å². The molecule has 0 radical (unpaired) electrons. The molecule has 1 aliphatic heterocycles. The minimum atomic E-state index is -0.485. The van der Waals surface area contributed by atoms with Crippen LogP contribution in [0.1, 0.15) is 24.6 Å². The van der Waals surface area contributed by atoms with E-state index in [4.69, 9.17) is 0 Å². The Labute approximate surface area is 116 Å². The Morgan fingerprint density at radius 1 is 1.20 bits per heavy atom. The van der Waals surface area contributed by atoms with Gasteiger partial charge in [0.05, 0.1) is 5.52 Å². The molecule has 3 rings (SSSR count). The average molecular weight is 274 g/mol. The first-order chi connectivity index (χ1) is 9.59. The molecule has 2 aromatic heterocycles. The molecular formula is C14H18N4O2. The Morgan fingerprint density at radius 3 is 2.60 bits per heavy atom. The second kappa shape index (κ2) is 4.86. The number of fused-ring (bicyclic) bond motifs is 1. The summed E-state index contributed by atoms with van der Waals surface area (Å²) in [5.41, 5.74) is 1.22. The van der Waals surface area contributed by atoms with Crippen LogP contribution in [0.15, 0.2) is 21.7 Å². The lowest BCUT2D eigenvalue weighted by atomic mass is 10.1. The van der Waals surface area contributed by atoms with Gasteiger partial charge in [-0.1, -0.05) is 0 Å². The molecule has 1 N–H and O–H groups in total. The molecule has 6 nitrogen and oxygen atoms in total. The van der Waals surface area contributed by atoms with Crippen molar-refractivity contribution in [3.8, 4) is 0 Å². The van der Waals surface area contributed by atoms with Crippen LogP contribution in [0.5, 0.6) is 0 Å². The predicted molar refractivity (Wildman–Crippen MR) is 77.1 cm³/mol. The monoisotopic (exact) mass is 274 g/mol. The molecule has 0 atom stereocenters. The number of aryl methyl sites for hydroxylation is 2. The SMILES string of the molecule is Cc1ccc2c(n1)n(C1CCNCC1)c(=O)c(=O)n2C. The second-order valence-corrected chi connectivity index (χ2v) is 5.32. The highest BCUT2D eigenvalue weighted by molar-refractivity contribution is 5.71. The number of rotatable bonds is 1. The van der Waals surface area contributed by atoms with Crippen LogP contribution in [0.2, 0.25) is 0 Å². The fraction of sp³-hybridized carbons (Fsp3) is 0.500. The maximum Gasteiger partial charge on any atom is 0.318 e. The van der Waals surface area contributed by atoms with E-state index in [1.165, 1.54) is 4.57 Å². The third kappa shape index (κ3) is 1.96. The van der Waals surface area contributed by atoms with E-state index in [0.717, 1.165) is 31.6 Å². The molecular weight excluding hydrogens is 256 g/mol. The zero-order valence-electron chi connectivity index (χ0n) is 11.7. The Balaban J connectivity index is 2.36. The van der Waals surface area contributed by atoms with Gasteiger partial charge in [-0.15, -0.1) is 0 Å². The van der Waals surface area contributed by atoms with E-state index < -0.39 is 11.1 Å². The van der Waals surface area contributed by atoms with Gasteiger partial charge in [-0.2, -0.15) is 0 Å². The maximum absolute atomic E-state index is 12.4. The average Bonchev–Trinajstić information content (AvgIpc) is 2.46. The third-order valence-electron chi connectivity index (χ3n) is 3.96. The Morgan fingerprint density at radius 2 is 1.90 bits per heavy atom. The number of nitrogens with zero attached hydrogens (tertiary/aromatic N) is 3. The standard InChI is InChI=1S/C14H18N4O2/c1-9-3-4-11-12(16-9)18(10-5-7-15-8-6-10)14(20)13(19)17(11)2/h3-4,10,15H,5-8H2,1-2H3. The molecule has 1 fully saturated rings. The van der Waals surface area contributed by atoms with Crippen molar-refractivity contribution in [3.63, 3.8) is 0 Å². The summed E-state index contributed by atoms with van der Waals surface area (Å²) in [4.78, 5) is 29.0. The van der Waals surface area contributed by atoms with Crippen LogP contribution in [0.25, 0.3) is 11.2 Å². The van der Waals surface area contributed by atoms with Gasteiger partial charge in [-0.05, 0) is 45.0 Å². The molecule has 3 heterocycles. The zero-order chi connectivity index (χ0) is 14.3. The Hall–Kier alpha value is -1.95. The molecule has 0 aliphatic carbocycles. The van der Waals surface area contributed by atoms with Crippen molar-refractivity contribution in [2.75, 3.05) is 13.1 Å². The van der Waals surface area contributed by atoms with Gasteiger partial charge >= 0.3 is 11.1 Å². The molecule has 20 heavy (non-hydrogen) atoms. The number of pyridine rings is 1. The summed E-state index contributed by atoms with van der Waals surface area (Å²) in [5.74, 6) is 0. The van der Waals surface area contributed by atoms with Crippen LogP contribution in [-0.4, -0.2) is 27.2 Å². The quantitative estimate of drug-likeness (QED) is 0.761. The molecule has 106 valence electrons. The maximum atomic E-state index is 12.4. The van der Waals surface area contributed by atoms with E-state index in [0.29, 0.717) is 11.2 Å². The van der Waals surface area contributed by atoms with E-state index in [1.807, 2.05) is 19.1 Å². The highest BCUT2D eigenvalue weighted by Crippen LogP contribution is 2.20. The van der Waals surface area contributed by atoms with Crippen molar-refractivity contribution in [3.05, 3.63) is 38.5 Å². The van der Waals surface area contributed by atoms with Gasteiger partial charge in [0.1, 0.15) is 0 Å². The van der Waals surface area contributed by atoms with Crippen LogP contribution in [0.4, 0.5) is 0 Å². The first-order valence-electron chi connectivity index (χ1n) is 6.89. The molecule has 0 aromatic carbocycles. The summed E-state index contributed by atoms with van der Waals surface area (Å²) >= 11 is 0. The largest absolute Gasteiger partial charge is 0.318 e. The Bertz CT molecular complexity index is 769. The van der Waals surface area contributed by atoms with Crippen molar-refractivity contribution in [1.29, 1.82) is 0 Å². The van der Waals surface area contributed by atoms with Gasteiger partial charge in [0, 0.05) is 18.8 Å². The molecule has 0 unspecified atom stereocenters. The summed E-state index contributed by atoms with van der Waals surface area (Å²) < 4.78 is 2.99. The third-order valence-corrected chi connectivity index (χ3v) is 3.96. The first-order valence-corrected chi connectivity index (χ1v) is 6.89. The topological polar surface area (TPSA) is 68.9 Å². The molecule has 1 aliphatic rings. The van der Waals surface area contributed by atoms with Crippen LogP contribution in [0.3, 0.4) is 0 Å². The fourth-order valence-corrected chi connectivity index (χ4v) is 2.83. The van der Waals surface area contributed by atoms with Crippen molar-refractivity contribution >= 4 is 11.2 Å². The molecule has 0 saturated carbocycles. The lowest BCUT2D eigenvalue weighted by Gasteiger charge is -2.25. The molecule has 1 saturated heterocycles. The number of hydrogen-bond donors (Lipinski definition) is 1. The van der Waals surface area contributed by atoms with Crippen molar-refractivity contribution in [2.24, 2.45) is 7.05 Å². The Kier molecular flexibility index (Phi) is 3.17. The number of piperidine rings is 1. The van der Waals surface area contributed by atoms with Gasteiger partial charge in [-0.3, -0.25) is 14.2 Å². The molecule has 0 amide bonds. The summed E-state index contributed by atoms with van der Waals surface area (Å²) in [7, 11) is 1.62. The van der Waals surface area contributed by atoms with Crippen LogP contribution in [0, 0.1) is 6.92 Å². The minimum Gasteiger partial charge on any atom is -0.317 e. The summed E-state index contributed by atoms with van der Waals surface area (Å²) in [5, 5.41) is 3.27. The molecule has 6 heteroatoms. The van der Waals surface area contributed by atoms with E-state index in [-0.39, 0.29) is 6.04 Å². The summed E-state index contributed by atoms with van der Waals surface area (Å²) in [6.45, 7) is 3.61. The lowest BCUT2D eigenvalue weighted by Crippen LogP contribution is -2.44. The number of nitrogens with one attached hydrogen (secondary N) is 1. The van der Waals surface area contributed by atoms with E-state index >= 15 is 0 Å². The minimum absolute atomic E-state index is 0.0504. The van der Waals surface area contributed by atoms with Crippen LogP contribution >= 0.6 is 0 Å². The fourth-order valence-electron chi connectivity index (χ4n) is 2.83. The van der Waals surface area contributed by atoms with Crippen molar-refractivity contribution in [2.45, 2.75) is 25.8 Å². The second-order valence-electron chi connectivity index (χ2n) is 5.32. The summed E-state index contributed by atoms with van der Waals surface area (Å²) in [6, 6.07) is 3.77. The van der Waals surface area contributed by atoms with E-state index in [2.05, 4.69) is 10.3 Å². The van der Waals surface area contributed by atoms with Crippen LogP contribution in [-0.2, 0) is 7.05 Å². The molecule has 0 spiro atoms. The summed E-state index contributed by atoms with van der Waals surface area (Å²) in [6.07, 6.45) is 1.69. The van der Waals surface area contributed by atoms with Crippen LogP contribution < -0.4 is 16.4 Å². The lowest BCUT2D eigenvalue weighted by molar-refractivity contribution is 0.365. The highest BCUT2D eigenvalue weighted by Gasteiger charge is 2.21. The zero-order valence-corrected chi connectivity index (χ0v) is 11.7.